The van der Waals surface area contributed by atoms with Gasteiger partial charge in [0.15, 0.2) is 0 Å². The van der Waals surface area contributed by atoms with E-state index in [4.69, 9.17) is 4.74 Å². The summed E-state index contributed by atoms with van der Waals surface area (Å²) in [6.07, 6.45) is 7.35. The van der Waals surface area contributed by atoms with E-state index in [9.17, 15) is 4.79 Å². The molecule has 0 aromatic heterocycles. The molecule has 0 aliphatic carbocycles. The lowest BCUT2D eigenvalue weighted by Crippen LogP contribution is -2.25. The zero-order chi connectivity index (χ0) is 11.8. The quantitative estimate of drug-likeness (QED) is 0.373. The van der Waals surface area contributed by atoms with E-state index in [-0.39, 0.29) is 5.97 Å². The molecular formula is C12H20N2O2. The molecule has 0 saturated carbocycles. The molecule has 4 nitrogen and oxygen atoms in total. The van der Waals surface area contributed by atoms with Crippen molar-refractivity contribution >= 4 is 5.97 Å². The third-order valence-corrected chi connectivity index (χ3v) is 2.51. The van der Waals surface area contributed by atoms with Crippen LogP contribution in [-0.4, -0.2) is 42.1 Å². The van der Waals surface area contributed by atoms with Gasteiger partial charge >= 0.3 is 5.97 Å². The van der Waals surface area contributed by atoms with E-state index in [1.165, 1.54) is 6.08 Å². The van der Waals surface area contributed by atoms with E-state index in [0.29, 0.717) is 6.61 Å². The zero-order valence-corrected chi connectivity index (χ0v) is 9.89. The van der Waals surface area contributed by atoms with Crippen LogP contribution in [0.3, 0.4) is 0 Å². The van der Waals surface area contributed by atoms with Gasteiger partial charge in [-0.15, -0.1) is 0 Å². The summed E-state index contributed by atoms with van der Waals surface area (Å²) in [7, 11) is 0. The van der Waals surface area contributed by atoms with Crippen LogP contribution < -0.4 is 0 Å². The van der Waals surface area contributed by atoms with Crippen LogP contribution in [0.15, 0.2) is 25.1 Å². The first kappa shape index (κ1) is 12.6. The second-order valence-corrected chi connectivity index (χ2v) is 3.74. The number of ether oxygens (including phenoxy) is 1. The molecule has 0 spiro atoms. The number of esters is 1. The first-order chi connectivity index (χ1) is 7.76. The molecule has 0 bridgehead atoms. The molecule has 0 aromatic carbocycles. The van der Waals surface area contributed by atoms with Crippen molar-refractivity contribution in [3.63, 3.8) is 0 Å². The van der Waals surface area contributed by atoms with Crippen molar-refractivity contribution in [3.05, 3.63) is 25.1 Å². The highest BCUT2D eigenvalue weighted by atomic mass is 16.5. The van der Waals surface area contributed by atoms with Gasteiger partial charge in [0.1, 0.15) is 0 Å². The SMILES string of the molecule is C=CC(=O)OCCCCN1C=CN(CC)C1. The highest BCUT2D eigenvalue weighted by molar-refractivity contribution is 5.81. The Kier molecular flexibility index (Phi) is 5.46. The maximum absolute atomic E-state index is 10.7. The maximum atomic E-state index is 10.7. The number of unbranched alkanes of at least 4 members (excludes halogenated alkanes) is 1. The number of nitrogens with zero attached hydrogens (tertiary/aromatic N) is 2. The van der Waals surface area contributed by atoms with Crippen molar-refractivity contribution in [3.8, 4) is 0 Å². The van der Waals surface area contributed by atoms with E-state index >= 15 is 0 Å². The van der Waals surface area contributed by atoms with E-state index in [1.807, 2.05) is 0 Å². The molecule has 1 rings (SSSR count). The number of carbonyl (C=O) groups is 1. The minimum absolute atomic E-state index is 0.335. The van der Waals surface area contributed by atoms with Gasteiger partial charge in [0.25, 0.3) is 0 Å². The van der Waals surface area contributed by atoms with Crippen molar-refractivity contribution < 1.29 is 9.53 Å². The summed E-state index contributed by atoms with van der Waals surface area (Å²) in [4.78, 5) is 15.3. The number of hydrogen-bond acceptors (Lipinski definition) is 4. The summed E-state index contributed by atoms with van der Waals surface area (Å²) in [6, 6.07) is 0. The lowest BCUT2D eigenvalue weighted by atomic mass is 10.3. The smallest absolute Gasteiger partial charge is 0.330 e. The van der Waals surface area contributed by atoms with Gasteiger partial charge in [-0.3, -0.25) is 0 Å². The molecule has 0 amide bonds. The van der Waals surface area contributed by atoms with Crippen molar-refractivity contribution in [2.75, 3.05) is 26.4 Å². The monoisotopic (exact) mass is 224 g/mol. The molecule has 0 radical (unpaired) electrons. The lowest BCUT2D eigenvalue weighted by molar-refractivity contribution is -0.137. The fourth-order valence-corrected chi connectivity index (χ4v) is 1.52. The molecule has 1 aliphatic heterocycles. The Labute approximate surface area is 97.2 Å². The van der Waals surface area contributed by atoms with Crippen LogP contribution in [0.1, 0.15) is 19.8 Å². The summed E-state index contributed by atoms with van der Waals surface area (Å²) >= 11 is 0. The van der Waals surface area contributed by atoms with E-state index in [0.717, 1.165) is 32.6 Å². The predicted octanol–water partition coefficient (Wildman–Crippen LogP) is 1.56. The fraction of sp³-hybridized carbons (Fsp3) is 0.583. The number of hydrogen-bond donors (Lipinski definition) is 0. The summed E-state index contributed by atoms with van der Waals surface area (Å²) in [5, 5.41) is 0. The average Bonchev–Trinajstić information content (AvgIpc) is 2.76. The van der Waals surface area contributed by atoms with Crippen LogP contribution in [0.25, 0.3) is 0 Å². The summed E-state index contributed by atoms with van der Waals surface area (Å²) in [5.74, 6) is -0.335. The van der Waals surface area contributed by atoms with Gasteiger partial charge in [0, 0.05) is 31.6 Å². The third kappa shape index (κ3) is 4.38. The Hall–Kier alpha value is -1.45. The highest BCUT2D eigenvalue weighted by Crippen LogP contribution is 2.07. The fourth-order valence-electron chi connectivity index (χ4n) is 1.52. The van der Waals surface area contributed by atoms with Gasteiger partial charge in [-0.2, -0.15) is 0 Å². The second kappa shape index (κ2) is 6.93. The van der Waals surface area contributed by atoms with Crippen LogP contribution >= 0.6 is 0 Å². The van der Waals surface area contributed by atoms with Crippen molar-refractivity contribution in [2.45, 2.75) is 19.8 Å². The molecule has 0 N–H and O–H groups in total. The summed E-state index contributed by atoms with van der Waals surface area (Å²) < 4.78 is 4.89. The molecule has 0 unspecified atom stereocenters. The first-order valence-corrected chi connectivity index (χ1v) is 5.72. The minimum atomic E-state index is -0.335. The van der Waals surface area contributed by atoms with Gasteiger partial charge in [-0.1, -0.05) is 6.58 Å². The Morgan fingerprint density at radius 3 is 2.81 bits per heavy atom. The normalized spacial score (nSPS) is 14.3. The van der Waals surface area contributed by atoms with Crippen molar-refractivity contribution in [1.29, 1.82) is 0 Å². The third-order valence-electron chi connectivity index (χ3n) is 2.51. The molecule has 0 atom stereocenters. The highest BCUT2D eigenvalue weighted by Gasteiger charge is 2.09. The summed E-state index contributed by atoms with van der Waals surface area (Å²) in [6.45, 7) is 9.00. The molecule has 16 heavy (non-hydrogen) atoms. The van der Waals surface area contributed by atoms with Crippen LogP contribution in [-0.2, 0) is 9.53 Å². The molecule has 4 heteroatoms. The standard InChI is InChI=1S/C12H20N2O2/c1-3-12(15)16-10-6-5-7-14-9-8-13(4-2)11-14/h3,8-9H,1,4-7,10-11H2,2H3. The van der Waals surface area contributed by atoms with Crippen molar-refractivity contribution in [2.24, 2.45) is 0 Å². The van der Waals surface area contributed by atoms with Gasteiger partial charge in [-0.05, 0) is 19.8 Å². The van der Waals surface area contributed by atoms with Crippen LogP contribution in [0.2, 0.25) is 0 Å². The van der Waals surface area contributed by atoms with Crippen LogP contribution in [0, 0.1) is 0 Å². The lowest BCUT2D eigenvalue weighted by Gasteiger charge is -2.19. The van der Waals surface area contributed by atoms with E-state index in [1.54, 1.807) is 0 Å². The Morgan fingerprint density at radius 1 is 1.44 bits per heavy atom. The first-order valence-electron chi connectivity index (χ1n) is 5.72. The molecule has 1 aliphatic rings. The molecule has 90 valence electrons. The van der Waals surface area contributed by atoms with Gasteiger partial charge < -0.3 is 14.5 Å². The van der Waals surface area contributed by atoms with E-state index in [2.05, 4.69) is 35.7 Å². The van der Waals surface area contributed by atoms with Crippen LogP contribution in [0.4, 0.5) is 0 Å². The topological polar surface area (TPSA) is 32.8 Å². The molecule has 1 heterocycles. The molecule has 0 saturated heterocycles. The second-order valence-electron chi connectivity index (χ2n) is 3.74. The number of carbonyl (C=O) groups excluding carboxylic acids is 1. The summed E-state index contributed by atoms with van der Waals surface area (Å²) in [5.41, 5.74) is 0. The molecule has 0 aromatic rings. The van der Waals surface area contributed by atoms with Crippen molar-refractivity contribution in [1.82, 2.24) is 9.80 Å². The zero-order valence-electron chi connectivity index (χ0n) is 9.89. The minimum Gasteiger partial charge on any atom is -0.463 e. The Balaban J connectivity index is 1.98. The molecule has 0 fully saturated rings. The van der Waals surface area contributed by atoms with Crippen LogP contribution in [0.5, 0.6) is 0 Å². The molecular weight excluding hydrogens is 204 g/mol. The van der Waals surface area contributed by atoms with Gasteiger partial charge in [0.2, 0.25) is 0 Å². The Morgan fingerprint density at radius 2 is 2.19 bits per heavy atom. The Bertz CT molecular complexity index is 264. The van der Waals surface area contributed by atoms with Gasteiger partial charge in [0.05, 0.1) is 13.3 Å². The predicted molar refractivity (Wildman–Crippen MR) is 63.5 cm³/mol. The largest absolute Gasteiger partial charge is 0.463 e. The number of rotatable bonds is 7. The van der Waals surface area contributed by atoms with E-state index < -0.39 is 0 Å². The van der Waals surface area contributed by atoms with Gasteiger partial charge in [-0.25, -0.2) is 4.79 Å². The average molecular weight is 224 g/mol. The maximum Gasteiger partial charge on any atom is 0.330 e.